The second-order valence-corrected chi connectivity index (χ2v) is 8.29. The summed E-state index contributed by atoms with van der Waals surface area (Å²) >= 11 is 6.24. The number of hydrazine groups is 1. The van der Waals surface area contributed by atoms with E-state index in [0.717, 1.165) is 16.8 Å². The lowest BCUT2D eigenvalue weighted by molar-refractivity contribution is -0.117. The number of halogens is 1. The minimum absolute atomic E-state index is 0.0437. The third-order valence-corrected chi connectivity index (χ3v) is 6.03. The highest BCUT2D eigenvalue weighted by molar-refractivity contribution is 6.30. The SMILES string of the molecule is CN(C)N1C(N)=C(C#N)[C@H](c2cccc(Cl)c2)C2=C1C[C@H](c1ccccc1)CC2=O. The van der Waals surface area contributed by atoms with Crippen molar-refractivity contribution in [3.63, 3.8) is 0 Å². The third kappa shape index (κ3) is 3.39. The van der Waals surface area contributed by atoms with Crippen molar-refractivity contribution in [2.24, 2.45) is 5.73 Å². The maximum Gasteiger partial charge on any atom is 0.162 e. The molecule has 2 atom stereocenters. The van der Waals surface area contributed by atoms with E-state index in [2.05, 4.69) is 18.2 Å². The minimum atomic E-state index is -0.510. The largest absolute Gasteiger partial charge is 0.383 e. The van der Waals surface area contributed by atoms with E-state index in [4.69, 9.17) is 17.3 Å². The Labute approximate surface area is 181 Å². The molecule has 0 amide bonds. The molecule has 0 saturated carbocycles. The van der Waals surface area contributed by atoms with Gasteiger partial charge in [0, 0.05) is 36.8 Å². The van der Waals surface area contributed by atoms with Crippen LogP contribution in [0.2, 0.25) is 5.02 Å². The van der Waals surface area contributed by atoms with Crippen molar-refractivity contribution in [3.8, 4) is 6.07 Å². The van der Waals surface area contributed by atoms with Crippen LogP contribution in [-0.2, 0) is 4.79 Å². The highest BCUT2D eigenvalue weighted by Gasteiger charge is 2.43. The van der Waals surface area contributed by atoms with Gasteiger partial charge in [0.1, 0.15) is 5.82 Å². The van der Waals surface area contributed by atoms with Crippen LogP contribution in [0.5, 0.6) is 0 Å². The van der Waals surface area contributed by atoms with E-state index in [1.54, 1.807) is 6.07 Å². The molecule has 0 fully saturated rings. The highest BCUT2D eigenvalue weighted by Crippen LogP contribution is 2.48. The molecule has 0 unspecified atom stereocenters. The van der Waals surface area contributed by atoms with E-state index in [-0.39, 0.29) is 11.7 Å². The zero-order chi connectivity index (χ0) is 21.4. The number of carbonyl (C=O) groups is 1. The second kappa shape index (κ2) is 7.98. The van der Waals surface area contributed by atoms with E-state index >= 15 is 0 Å². The number of hydrogen-bond acceptors (Lipinski definition) is 5. The van der Waals surface area contributed by atoms with Crippen molar-refractivity contribution in [2.45, 2.75) is 24.7 Å². The Hall–Kier alpha value is -3.07. The van der Waals surface area contributed by atoms with Crippen LogP contribution in [0.1, 0.15) is 35.8 Å². The van der Waals surface area contributed by atoms with Crippen LogP contribution in [-0.4, -0.2) is 29.9 Å². The van der Waals surface area contributed by atoms with Crippen molar-refractivity contribution in [2.75, 3.05) is 14.1 Å². The normalized spacial score (nSPS) is 21.7. The summed E-state index contributed by atoms with van der Waals surface area (Å²) in [6.07, 6.45) is 1.07. The summed E-state index contributed by atoms with van der Waals surface area (Å²) in [4.78, 5) is 13.5. The van der Waals surface area contributed by atoms with Gasteiger partial charge >= 0.3 is 0 Å². The minimum Gasteiger partial charge on any atom is -0.383 e. The van der Waals surface area contributed by atoms with Gasteiger partial charge in [0.15, 0.2) is 5.78 Å². The number of nitriles is 1. The molecule has 6 heteroatoms. The van der Waals surface area contributed by atoms with E-state index in [9.17, 15) is 10.1 Å². The number of hydrogen-bond donors (Lipinski definition) is 1. The van der Waals surface area contributed by atoms with Crippen molar-refractivity contribution >= 4 is 17.4 Å². The van der Waals surface area contributed by atoms with Gasteiger partial charge < -0.3 is 5.73 Å². The van der Waals surface area contributed by atoms with Gasteiger partial charge in [0.2, 0.25) is 0 Å². The molecule has 0 saturated heterocycles. The second-order valence-electron chi connectivity index (χ2n) is 7.86. The summed E-state index contributed by atoms with van der Waals surface area (Å²) in [5.41, 5.74) is 10.3. The van der Waals surface area contributed by atoms with E-state index in [0.29, 0.717) is 34.8 Å². The van der Waals surface area contributed by atoms with Crippen LogP contribution in [0, 0.1) is 11.3 Å². The summed E-state index contributed by atoms with van der Waals surface area (Å²) in [5, 5.41) is 14.2. The molecule has 152 valence electrons. The molecule has 0 aromatic heterocycles. The topological polar surface area (TPSA) is 73.4 Å². The molecular formula is C24H23ClN4O. The summed E-state index contributed by atoms with van der Waals surface area (Å²) in [6, 6.07) is 19.6. The van der Waals surface area contributed by atoms with Gasteiger partial charge in [-0.25, -0.2) is 5.01 Å². The van der Waals surface area contributed by atoms with Gasteiger partial charge in [-0.2, -0.15) is 5.26 Å². The molecular weight excluding hydrogens is 396 g/mol. The van der Waals surface area contributed by atoms with Gasteiger partial charge in [0.05, 0.1) is 17.6 Å². The number of carbonyl (C=O) groups excluding carboxylic acids is 1. The molecule has 1 aliphatic carbocycles. The fraction of sp³-hybridized carbons (Fsp3) is 0.250. The Bertz CT molecular complexity index is 1100. The maximum absolute atomic E-state index is 13.5. The van der Waals surface area contributed by atoms with Gasteiger partial charge in [-0.05, 0) is 35.6 Å². The predicted octanol–water partition coefficient (Wildman–Crippen LogP) is 4.31. The van der Waals surface area contributed by atoms with Crippen molar-refractivity contribution in [3.05, 3.63) is 93.4 Å². The molecule has 0 radical (unpaired) electrons. The number of benzene rings is 2. The van der Waals surface area contributed by atoms with Crippen LogP contribution < -0.4 is 5.73 Å². The summed E-state index contributed by atoms with van der Waals surface area (Å²) in [5.74, 6) is -0.0459. The van der Waals surface area contributed by atoms with Crippen LogP contribution in [0.4, 0.5) is 0 Å². The van der Waals surface area contributed by atoms with Gasteiger partial charge in [-0.15, -0.1) is 0 Å². The standard InChI is InChI=1S/C24H23ClN4O/c1-28(2)29-20-12-17(15-7-4-3-5-8-15)13-21(30)23(20)22(19(14-26)24(29)27)16-9-6-10-18(25)11-16/h3-11,17,22H,12-13,27H2,1-2H3/t17-,22-/m0/s1. The molecule has 2 aromatic carbocycles. The molecule has 30 heavy (non-hydrogen) atoms. The number of Topliss-reactive ketones (excluding diaryl/α,β-unsaturated/α-hetero) is 1. The number of rotatable bonds is 3. The third-order valence-electron chi connectivity index (χ3n) is 5.79. The molecule has 4 rings (SSSR count). The Kier molecular flexibility index (Phi) is 5.38. The van der Waals surface area contributed by atoms with Gasteiger partial charge in [-0.1, -0.05) is 54.1 Å². The predicted molar refractivity (Wildman–Crippen MR) is 117 cm³/mol. The molecule has 1 aliphatic heterocycles. The lowest BCUT2D eigenvalue weighted by Gasteiger charge is -2.43. The zero-order valence-corrected chi connectivity index (χ0v) is 17.7. The van der Waals surface area contributed by atoms with Crippen LogP contribution >= 0.6 is 11.6 Å². The summed E-state index contributed by atoms with van der Waals surface area (Å²) < 4.78 is 0. The van der Waals surface area contributed by atoms with E-state index < -0.39 is 5.92 Å². The first-order chi connectivity index (χ1) is 14.4. The fourth-order valence-electron chi connectivity index (χ4n) is 4.55. The first-order valence-corrected chi connectivity index (χ1v) is 10.2. The number of nitrogens with zero attached hydrogens (tertiary/aromatic N) is 3. The van der Waals surface area contributed by atoms with E-state index in [1.165, 1.54) is 0 Å². The molecule has 0 spiro atoms. The fourth-order valence-corrected chi connectivity index (χ4v) is 4.75. The number of nitrogens with two attached hydrogens (primary N) is 1. The Morgan fingerprint density at radius 3 is 2.43 bits per heavy atom. The summed E-state index contributed by atoms with van der Waals surface area (Å²) in [7, 11) is 3.73. The summed E-state index contributed by atoms with van der Waals surface area (Å²) in [6.45, 7) is 0. The van der Waals surface area contributed by atoms with Crippen molar-refractivity contribution < 1.29 is 4.79 Å². The maximum atomic E-state index is 13.5. The van der Waals surface area contributed by atoms with Gasteiger partial charge in [0.25, 0.3) is 0 Å². The van der Waals surface area contributed by atoms with E-state index in [1.807, 2.05) is 60.5 Å². The molecule has 5 nitrogen and oxygen atoms in total. The average molecular weight is 419 g/mol. The molecule has 2 aromatic rings. The van der Waals surface area contributed by atoms with Crippen LogP contribution in [0.3, 0.4) is 0 Å². The van der Waals surface area contributed by atoms with Crippen molar-refractivity contribution in [1.29, 1.82) is 5.26 Å². The number of allylic oxidation sites excluding steroid dienone is 3. The molecule has 2 N–H and O–H groups in total. The highest BCUT2D eigenvalue weighted by atomic mass is 35.5. The molecule has 0 bridgehead atoms. The first kappa shape index (κ1) is 20.2. The van der Waals surface area contributed by atoms with Crippen LogP contribution in [0.15, 0.2) is 77.3 Å². The molecule has 1 heterocycles. The quantitative estimate of drug-likeness (QED) is 0.803. The first-order valence-electron chi connectivity index (χ1n) is 9.86. The lowest BCUT2D eigenvalue weighted by atomic mass is 9.72. The monoisotopic (exact) mass is 418 g/mol. The Balaban J connectivity index is 1.90. The smallest absolute Gasteiger partial charge is 0.162 e. The molecule has 2 aliphatic rings. The Morgan fingerprint density at radius 2 is 1.80 bits per heavy atom. The Morgan fingerprint density at radius 1 is 1.10 bits per heavy atom. The number of ketones is 1. The van der Waals surface area contributed by atoms with Crippen molar-refractivity contribution in [1.82, 2.24) is 10.0 Å². The lowest BCUT2D eigenvalue weighted by Crippen LogP contribution is -2.46. The van der Waals surface area contributed by atoms with Gasteiger partial charge in [-0.3, -0.25) is 9.80 Å². The average Bonchev–Trinajstić information content (AvgIpc) is 2.73. The zero-order valence-electron chi connectivity index (χ0n) is 17.0. The van der Waals surface area contributed by atoms with Crippen LogP contribution in [0.25, 0.3) is 0 Å².